The van der Waals surface area contributed by atoms with E-state index in [1.54, 1.807) is 0 Å². The topological polar surface area (TPSA) is 51.0 Å². The maximum atomic E-state index is 6.06. The Morgan fingerprint density at radius 2 is 2.12 bits per heavy atom. The molecular formula is C12H14ClN3O. The molecule has 4 nitrogen and oxygen atoms in total. The second-order valence-electron chi connectivity index (χ2n) is 3.87. The SMILES string of the molecule is CNC(C)c1nnc(-c2cccc(Cl)c2C)o1. The van der Waals surface area contributed by atoms with E-state index < -0.39 is 0 Å². The van der Waals surface area contributed by atoms with Gasteiger partial charge >= 0.3 is 0 Å². The summed E-state index contributed by atoms with van der Waals surface area (Å²) in [4.78, 5) is 0. The molecule has 2 rings (SSSR count). The van der Waals surface area contributed by atoms with E-state index in [1.165, 1.54) is 0 Å². The van der Waals surface area contributed by atoms with Crippen molar-refractivity contribution in [2.24, 2.45) is 0 Å². The van der Waals surface area contributed by atoms with E-state index in [4.69, 9.17) is 16.0 Å². The summed E-state index contributed by atoms with van der Waals surface area (Å²) in [5, 5.41) is 11.8. The lowest BCUT2D eigenvalue weighted by Crippen LogP contribution is -2.12. The van der Waals surface area contributed by atoms with Crippen molar-refractivity contribution in [1.29, 1.82) is 0 Å². The highest BCUT2D eigenvalue weighted by atomic mass is 35.5. The highest BCUT2D eigenvalue weighted by Crippen LogP contribution is 2.28. The number of hydrogen-bond donors (Lipinski definition) is 1. The van der Waals surface area contributed by atoms with Crippen LogP contribution in [0.15, 0.2) is 22.6 Å². The molecule has 0 aliphatic carbocycles. The molecule has 1 heterocycles. The summed E-state index contributed by atoms with van der Waals surface area (Å²) >= 11 is 6.06. The molecule has 2 aromatic rings. The molecule has 0 bridgehead atoms. The number of hydrogen-bond acceptors (Lipinski definition) is 4. The van der Waals surface area contributed by atoms with Crippen molar-refractivity contribution in [2.75, 3.05) is 7.05 Å². The summed E-state index contributed by atoms with van der Waals surface area (Å²) in [6.45, 7) is 3.89. The van der Waals surface area contributed by atoms with Gasteiger partial charge in [-0.25, -0.2) is 0 Å². The molecule has 1 unspecified atom stereocenters. The van der Waals surface area contributed by atoms with Gasteiger partial charge in [-0.15, -0.1) is 10.2 Å². The first-order chi connectivity index (χ1) is 8.13. The Morgan fingerprint density at radius 1 is 1.35 bits per heavy atom. The van der Waals surface area contributed by atoms with Gasteiger partial charge in [0.2, 0.25) is 11.8 Å². The van der Waals surface area contributed by atoms with Gasteiger partial charge in [-0.1, -0.05) is 17.7 Å². The molecule has 1 N–H and O–H groups in total. The lowest BCUT2D eigenvalue weighted by atomic mass is 10.1. The van der Waals surface area contributed by atoms with Crippen LogP contribution in [0.5, 0.6) is 0 Å². The third-order valence-corrected chi connectivity index (χ3v) is 3.15. The smallest absolute Gasteiger partial charge is 0.248 e. The van der Waals surface area contributed by atoms with Gasteiger partial charge in [-0.2, -0.15) is 0 Å². The summed E-state index contributed by atoms with van der Waals surface area (Å²) < 4.78 is 5.61. The van der Waals surface area contributed by atoms with Crippen molar-refractivity contribution in [1.82, 2.24) is 15.5 Å². The van der Waals surface area contributed by atoms with Gasteiger partial charge in [0.15, 0.2) is 0 Å². The predicted molar refractivity (Wildman–Crippen MR) is 67.0 cm³/mol. The highest BCUT2D eigenvalue weighted by Gasteiger charge is 2.15. The van der Waals surface area contributed by atoms with Gasteiger partial charge in [0.1, 0.15) is 0 Å². The molecule has 0 fully saturated rings. The van der Waals surface area contributed by atoms with Gasteiger partial charge < -0.3 is 9.73 Å². The number of nitrogens with zero attached hydrogens (tertiary/aromatic N) is 2. The largest absolute Gasteiger partial charge is 0.419 e. The second kappa shape index (κ2) is 4.85. The van der Waals surface area contributed by atoms with Gasteiger partial charge in [0.25, 0.3) is 0 Å². The van der Waals surface area contributed by atoms with E-state index in [-0.39, 0.29) is 6.04 Å². The molecular weight excluding hydrogens is 238 g/mol. The van der Waals surface area contributed by atoms with Crippen molar-refractivity contribution in [3.05, 3.63) is 34.7 Å². The number of nitrogens with one attached hydrogen (secondary N) is 1. The Labute approximate surface area is 105 Å². The molecule has 5 heteroatoms. The molecule has 0 aliphatic heterocycles. The molecule has 0 spiro atoms. The van der Waals surface area contributed by atoms with E-state index in [0.29, 0.717) is 16.8 Å². The van der Waals surface area contributed by atoms with Crippen molar-refractivity contribution < 1.29 is 4.42 Å². The Hall–Kier alpha value is -1.39. The standard InChI is InChI=1S/C12H14ClN3O/c1-7-9(5-4-6-10(7)13)12-16-15-11(17-12)8(2)14-3/h4-6,8,14H,1-3H3. The molecule has 0 radical (unpaired) electrons. The van der Waals surface area contributed by atoms with Crippen LogP contribution in [-0.4, -0.2) is 17.2 Å². The highest BCUT2D eigenvalue weighted by molar-refractivity contribution is 6.31. The van der Waals surface area contributed by atoms with Crippen LogP contribution in [0, 0.1) is 6.92 Å². The molecule has 1 atom stereocenters. The van der Waals surface area contributed by atoms with Crippen molar-refractivity contribution in [3.63, 3.8) is 0 Å². The van der Waals surface area contributed by atoms with E-state index >= 15 is 0 Å². The molecule has 0 amide bonds. The predicted octanol–water partition coefficient (Wildman–Crippen LogP) is 2.98. The number of aromatic nitrogens is 2. The monoisotopic (exact) mass is 251 g/mol. The third kappa shape index (κ3) is 2.33. The molecule has 90 valence electrons. The zero-order valence-corrected chi connectivity index (χ0v) is 10.7. The Balaban J connectivity index is 2.40. The molecule has 17 heavy (non-hydrogen) atoms. The van der Waals surface area contributed by atoms with Crippen LogP contribution >= 0.6 is 11.6 Å². The average Bonchev–Trinajstić information content (AvgIpc) is 2.81. The Morgan fingerprint density at radius 3 is 2.82 bits per heavy atom. The first-order valence-electron chi connectivity index (χ1n) is 5.39. The summed E-state index contributed by atoms with van der Waals surface area (Å²) in [6, 6.07) is 5.67. The minimum atomic E-state index is 0.0377. The van der Waals surface area contributed by atoms with Gasteiger partial charge in [0, 0.05) is 10.6 Å². The zero-order chi connectivity index (χ0) is 12.4. The van der Waals surface area contributed by atoms with Crippen molar-refractivity contribution in [3.8, 4) is 11.5 Å². The number of rotatable bonds is 3. The molecule has 1 aromatic heterocycles. The summed E-state index contributed by atoms with van der Waals surface area (Å²) in [5.41, 5.74) is 1.82. The maximum absolute atomic E-state index is 6.06. The molecule has 0 saturated carbocycles. The van der Waals surface area contributed by atoms with Crippen molar-refractivity contribution in [2.45, 2.75) is 19.9 Å². The second-order valence-corrected chi connectivity index (χ2v) is 4.28. The Bertz CT molecular complexity index is 524. The fraction of sp³-hybridized carbons (Fsp3) is 0.333. The van der Waals surface area contributed by atoms with E-state index in [1.807, 2.05) is 39.1 Å². The van der Waals surface area contributed by atoms with Gasteiger partial charge in [0.05, 0.1) is 6.04 Å². The van der Waals surface area contributed by atoms with Crippen LogP contribution < -0.4 is 5.32 Å². The fourth-order valence-corrected chi connectivity index (χ4v) is 1.66. The Kier molecular flexibility index (Phi) is 3.45. The first-order valence-corrected chi connectivity index (χ1v) is 5.77. The first kappa shape index (κ1) is 12.1. The lowest BCUT2D eigenvalue weighted by molar-refractivity contribution is 0.441. The summed E-state index contributed by atoms with van der Waals surface area (Å²) in [7, 11) is 1.85. The average molecular weight is 252 g/mol. The normalized spacial score (nSPS) is 12.7. The summed E-state index contributed by atoms with van der Waals surface area (Å²) in [5.74, 6) is 1.07. The van der Waals surface area contributed by atoms with Crippen LogP contribution in [0.2, 0.25) is 5.02 Å². The van der Waals surface area contributed by atoms with Crippen LogP contribution in [0.1, 0.15) is 24.4 Å². The molecule has 0 saturated heterocycles. The summed E-state index contributed by atoms with van der Waals surface area (Å²) in [6.07, 6.45) is 0. The van der Waals surface area contributed by atoms with Crippen LogP contribution in [-0.2, 0) is 0 Å². The maximum Gasteiger partial charge on any atom is 0.248 e. The minimum absolute atomic E-state index is 0.0377. The van der Waals surface area contributed by atoms with Crippen LogP contribution in [0.25, 0.3) is 11.5 Å². The molecule has 1 aromatic carbocycles. The van der Waals surface area contributed by atoms with Crippen molar-refractivity contribution >= 4 is 11.6 Å². The number of halogens is 1. The van der Waals surface area contributed by atoms with Crippen LogP contribution in [0.3, 0.4) is 0 Å². The quantitative estimate of drug-likeness (QED) is 0.911. The van der Waals surface area contributed by atoms with E-state index in [9.17, 15) is 0 Å². The van der Waals surface area contributed by atoms with Gasteiger partial charge in [-0.05, 0) is 38.6 Å². The lowest BCUT2D eigenvalue weighted by Gasteiger charge is -2.04. The van der Waals surface area contributed by atoms with E-state index in [2.05, 4.69) is 15.5 Å². The van der Waals surface area contributed by atoms with Gasteiger partial charge in [-0.3, -0.25) is 0 Å². The zero-order valence-electron chi connectivity index (χ0n) is 9.99. The fourth-order valence-electron chi connectivity index (χ4n) is 1.48. The van der Waals surface area contributed by atoms with Crippen LogP contribution in [0.4, 0.5) is 0 Å². The van der Waals surface area contributed by atoms with E-state index in [0.717, 1.165) is 11.1 Å². The minimum Gasteiger partial charge on any atom is -0.419 e. The third-order valence-electron chi connectivity index (χ3n) is 2.74. The number of benzene rings is 1. The molecule has 0 aliphatic rings.